The van der Waals surface area contributed by atoms with Crippen LogP contribution < -0.4 is 14.8 Å². The largest absolute Gasteiger partial charge is 0.490 e. The Balaban J connectivity index is 1.56. The summed E-state index contributed by atoms with van der Waals surface area (Å²) >= 11 is 0. The summed E-state index contributed by atoms with van der Waals surface area (Å²) in [5, 5.41) is 2.79. The molecule has 0 saturated carbocycles. The van der Waals surface area contributed by atoms with Gasteiger partial charge in [0.25, 0.3) is 5.91 Å². The molecule has 1 atom stereocenters. The van der Waals surface area contributed by atoms with Gasteiger partial charge in [-0.05, 0) is 56.2 Å². The van der Waals surface area contributed by atoms with Crippen molar-refractivity contribution in [2.75, 3.05) is 18.5 Å². The number of rotatable bonds is 5. The summed E-state index contributed by atoms with van der Waals surface area (Å²) in [7, 11) is 0. The SMILES string of the molecule is Cc1ccc(NC(=O)[C@H](C)OC(=O)/C=C/c2ccc3c(c2)OCCCO3)c(C)c1. The van der Waals surface area contributed by atoms with Crippen molar-refractivity contribution in [3.63, 3.8) is 0 Å². The van der Waals surface area contributed by atoms with Crippen molar-refractivity contribution in [2.24, 2.45) is 0 Å². The normalized spacial score (nSPS) is 14.2. The highest BCUT2D eigenvalue weighted by atomic mass is 16.5. The van der Waals surface area contributed by atoms with E-state index >= 15 is 0 Å². The molecule has 1 aliphatic heterocycles. The van der Waals surface area contributed by atoms with Crippen LogP contribution in [-0.4, -0.2) is 31.2 Å². The van der Waals surface area contributed by atoms with Gasteiger partial charge in [-0.15, -0.1) is 0 Å². The predicted octanol–water partition coefficient (Wildman–Crippen LogP) is 4.05. The Labute approximate surface area is 170 Å². The maximum absolute atomic E-state index is 12.3. The second-order valence-corrected chi connectivity index (χ2v) is 6.98. The van der Waals surface area contributed by atoms with E-state index in [-0.39, 0.29) is 5.91 Å². The van der Waals surface area contributed by atoms with Crippen LogP contribution in [0, 0.1) is 13.8 Å². The van der Waals surface area contributed by atoms with Gasteiger partial charge in [-0.25, -0.2) is 4.79 Å². The van der Waals surface area contributed by atoms with Crippen molar-refractivity contribution in [3.05, 3.63) is 59.2 Å². The van der Waals surface area contributed by atoms with Crippen LogP contribution in [0.5, 0.6) is 11.5 Å². The molecule has 152 valence electrons. The summed E-state index contributed by atoms with van der Waals surface area (Å²) < 4.78 is 16.4. The van der Waals surface area contributed by atoms with Gasteiger partial charge in [-0.3, -0.25) is 4.79 Å². The highest BCUT2D eigenvalue weighted by Crippen LogP contribution is 2.30. The maximum Gasteiger partial charge on any atom is 0.331 e. The Hall–Kier alpha value is -3.28. The highest BCUT2D eigenvalue weighted by molar-refractivity contribution is 5.97. The number of carbonyl (C=O) groups excluding carboxylic acids is 2. The second-order valence-electron chi connectivity index (χ2n) is 6.98. The molecule has 2 aromatic carbocycles. The van der Waals surface area contributed by atoms with Crippen LogP contribution in [0.2, 0.25) is 0 Å². The highest BCUT2D eigenvalue weighted by Gasteiger charge is 2.17. The molecule has 0 fully saturated rings. The molecular weight excluding hydrogens is 370 g/mol. The molecule has 1 aliphatic rings. The van der Waals surface area contributed by atoms with E-state index in [0.29, 0.717) is 30.4 Å². The van der Waals surface area contributed by atoms with Gasteiger partial charge in [0, 0.05) is 18.2 Å². The van der Waals surface area contributed by atoms with Crippen molar-refractivity contribution >= 4 is 23.6 Å². The lowest BCUT2D eigenvalue weighted by Crippen LogP contribution is -2.29. The fraction of sp³-hybridized carbons (Fsp3) is 0.304. The molecule has 1 N–H and O–H groups in total. The van der Waals surface area contributed by atoms with Crippen LogP contribution in [0.1, 0.15) is 30.0 Å². The number of nitrogens with one attached hydrogen (secondary N) is 1. The number of amides is 1. The number of aryl methyl sites for hydroxylation is 2. The van der Waals surface area contributed by atoms with Crippen molar-refractivity contribution in [2.45, 2.75) is 33.3 Å². The third kappa shape index (κ3) is 5.60. The van der Waals surface area contributed by atoms with E-state index in [1.165, 1.54) is 13.0 Å². The lowest BCUT2D eigenvalue weighted by atomic mass is 10.1. The summed E-state index contributed by atoms with van der Waals surface area (Å²) in [6.45, 7) is 6.65. The van der Waals surface area contributed by atoms with Gasteiger partial charge in [0.05, 0.1) is 13.2 Å². The molecule has 0 radical (unpaired) electrons. The van der Waals surface area contributed by atoms with Gasteiger partial charge in [-0.2, -0.15) is 0 Å². The Morgan fingerprint density at radius 1 is 1.07 bits per heavy atom. The Morgan fingerprint density at radius 2 is 1.83 bits per heavy atom. The van der Waals surface area contributed by atoms with Crippen LogP contribution in [0.25, 0.3) is 6.08 Å². The number of ether oxygens (including phenoxy) is 3. The zero-order chi connectivity index (χ0) is 20.8. The molecule has 3 rings (SSSR count). The average molecular weight is 395 g/mol. The zero-order valence-electron chi connectivity index (χ0n) is 16.9. The molecule has 0 saturated heterocycles. The summed E-state index contributed by atoms with van der Waals surface area (Å²) in [5.41, 5.74) is 3.54. The number of carbonyl (C=O) groups is 2. The zero-order valence-corrected chi connectivity index (χ0v) is 16.9. The van der Waals surface area contributed by atoms with Crippen LogP contribution in [0.15, 0.2) is 42.5 Å². The Bertz CT molecular complexity index is 935. The fourth-order valence-electron chi connectivity index (χ4n) is 2.90. The van der Waals surface area contributed by atoms with E-state index in [9.17, 15) is 9.59 Å². The number of benzene rings is 2. The summed E-state index contributed by atoms with van der Waals surface area (Å²) in [6.07, 6.45) is 2.82. The molecule has 2 aromatic rings. The van der Waals surface area contributed by atoms with E-state index in [1.54, 1.807) is 12.1 Å². The smallest absolute Gasteiger partial charge is 0.331 e. The minimum absolute atomic E-state index is 0.380. The van der Waals surface area contributed by atoms with Gasteiger partial charge >= 0.3 is 5.97 Å². The second kappa shape index (κ2) is 9.28. The van der Waals surface area contributed by atoms with Crippen LogP contribution in [0.3, 0.4) is 0 Å². The van der Waals surface area contributed by atoms with E-state index < -0.39 is 12.1 Å². The minimum atomic E-state index is -0.920. The average Bonchev–Trinajstić information content (AvgIpc) is 2.93. The van der Waals surface area contributed by atoms with Gasteiger partial charge in [0.15, 0.2) is 17.6 Å². The van der Waals surface area contributed by atoms with Crippen LogP contribution in [-0.2, 0) is 14.3 Å². The molecular formula is C23H25NO5. The number of esters is 1. The minimum Gasteiger partial charge on any atom is -0.490 e. The molecule has 0 spiro atoms. The molecule has 0 unspecified atom stereocenters. The van der Waals surface area contributed by atoms with Crippen molar-refractivity contribution < 1.29 is 23.8 Å². The monoisotopic (exact) mass is 395 g/mol. The molecule has 0 aliphatic carbocycles. The Morgan fingerprint density at radius 3 is 2.59 bits per heavy atom. The fourth-order valence-corrected chi connectivity index (χ4v) is 2.90. The molecule has 1 amide bonds. The maximum atomic E-state index is 12.3. The third-order valence-corrected chi connectivity index (χ3v) is 4.49. The first-order chi connectivity index (χ1) is 13.9. The summed E-state index contributed by atoms with van der Waals surface area (Å²) in [4.78, 5) is 24.4. The van der Waals surface area contributed by atoms with Gasteiger partial charge in [0.2, 0.25) is 0 Å². The molecule has 6 nitrogen and oxygen atoms in total. The van der Waals surface area contributed by atoms with Crippen LogP contribution in [0.4, 0.5) is 5.69 Å². The predicted molar refractivity (Wildman–Crippen MR) is 111 cm³/mol. The van der Waals surface area contributed by atoms with E-state index in [1.807, 2.05) is 44.2 Å². The van der Waals surface area contributed by atoms with Gasteiger partial charge in [0.1, 0.15) is 0 Å². The first-order valence-electron chi connectivity index (χ1n) is 9.59. The number of fused-ring (bicyclic) bond motifs is 1. The Kier molecular flexibility index (Phi) is 6.54. The lowest BCUT2D eigenvalue weighted by Gasteiger charge is -2.14. The number of anilines is 1. The van der Waals surface area contributed by atoms with E-state index in [4.69, 9.17) is 14.2 Å². The van der Waals surface area contributed by atoms with E-state index in [0.717, 1.165) is 23.1 Å². The third-order valence-electron chi connectivity index (χ3n) is 4.49. The molecule has 1 heterocycles. The van der Waals surface area contributed by atoms with Gasteiger partial charge in [-0.1, -0.05) is 23.8 Å². The number of hydrogen-bond donors (Lipinski definition) is 1. The molecule has 0 aromatic heterocycles. The summed E-state index contributed by atoms with van der Waals surface area (Å²) in [6, 6.07) is 11.2. The molecule has 29 heavy (non-hydrogen) atoms. The first-order valence-corrected chi connectivity index (χ1v) is 9.59. The van der Waals surface area contributed by atoms with Crippen molar-refractivity contribution in [1.82, 2.24) is 0 Å². The lowest BCUT2D eigenvalue weighted by molar-refractivity contribution is -0.148. The quantitative estimate of drug-likeness (QED) is 0.611. The number of hydrogen-bond acceptors (Lipinski definition) is 5. The van der Waals surface area contributed by atoms with E-state index in [2.05, 4.69) is 5.32 Å². The molecule has 6 heteroatoms. The standard InChI is InChI=1S/C23H25NO5/c1-15-5-8-19(16(2)13-15)24-23(26)17(3)29-22(25)10-7-18-6-9-20-21(14-18)28-12-4-11-27-20/h5-10,13-14,17H,4,11-12H2,1-3H3,(H,24,26)/b10-7+/t17-/m0/s1. The summed E-state index contributed by atoms with van der Waals surface area (Å²) in [5.74, 6) is 0.368. The van der Waals surface area contributed by atoms with Crippen LogP contribution >= 0.6 is 0 Å². The first kappa shape index (κ1) is 20.5. The van der Waals surface area contributed by atoms with Crippen molar-refractivity contribution in [3.8, 4) is 11.5 Å². The van der Waals surface area contributed by atoms with Crippen molar-refractivity contribution in [1.29, 1.82) is 0 Å². The topological polar surface area (TPSA) is 73.9 Å². The van der Waals surface area contributed by atoms with Gasteiger partial charge < -0.3 is 19.5 Å². The molecule has 0 bridgehead atoms.